The third-order valence-corrected chi connectivity index (χ3v) is 3.98. The van der Waals surface area contributed by atoms with E-state index in [1.165, 1.54) is 61.7 Å². The van der Waals surface area contributed by atoms with Gasteiger partial charge in [-0.1, -0.05) is 69.4 Å². The van der Waals surface area contributed by atoms with Crippen molar-refractivity contribution in [1.82, 2.24) is 0 Å². The molecule has 0 aromatic heterocycles. The van der Waals surface area contributed by atoms with Gasteiger partial charge in [0.25, 0.3) is 0 Å². The van der Waals surface area contributed by atoms with E-state index in [2.05, 4.69) is 39.5 Å². The zero-order valence-corrected chi connectivity index (χ0v) is 12.6. The summed E-state index contributed by atoms with van der Waals surface area (Å²) in [5.74, 6) is 0.750. The summed E-state index contributed by atoms with van der Waals surface area (Å²) < 4.78 is 0. The minimum Gasteiger partial charge on any atom is -0.0955 e. The molecule has 1 rings (SSSR count). The van der Waals surface area contributed by atoms with Crippen molar-refractivity contribution in [1.29, 1.82) is 0 Å². The number of rotatable bonds is 6. The molecule has 0 heteroatoms. The lowest BCUT2D eigenvalue weighted by atomic mass is 9.83. The minimum absolute atomic E-state index is 0.750. The second-order valence-electron chi connectivity index (χ2n) is 5.72. The molecule has 0 heterocycles. The fourth-order valence-corrected chi connectivity index (χ4v) is 2.86. The average Bonchev–Trinajstić information content (AvgIpc) is 2.39. The fraction of sp³-hybridized carbons (Fsp3) is 0.667. The number of hydrogen-bond acceptors (Lipinski definition) is 0. The van der Waals surface area contributed by atoms with Gasteiger partial charge in [-0.3, -0.25) is 0 Å². The Labute approximate surface area is 114 Å². The van der Waals surface area contributed by atoms with E-state index < -0.39 is 0 Å². The molecule has 0 aliphatic heterocycles. The van der Waals surface area contributed by atoms with Gasteiger partial charge in [0.15, 0.2) is 0 Å². The Bertz CT molecular complexity index is 311. The van der Waals surface area contributed by atoms with Gasteiger partial charge in [-0.25, -0.2) is 0 Å². The van der Waals surface area contributed by atoms with E-state index in [1.807, 2.05) is 0 Å². The number of hydrogen-bond donors (Lipinski definition) is 0. The summed E-state index contributed by atoms with van der Waals surface area (Å²) in [4.78, 5) is 0. The predicted molar refractivity (Wildman–Crippen MR) is 82.8 cm³/mol. The normalized spacial score (nSPS) is 19.1. The summed E-state index contributed by atoms with van der Waals surface area (Å²) in [6.45, 7) is 11.0. The van der Waals surface area contributed by atoms with Crippen LogP contribution in [0.1, 0.15) is 72.1 Å². The van der Waals surface area contributed by atoms with E-state index in [0.717, 1.165) is 12.3 Å². The summed E-state index contributed by atoms with van der Waals surface area (Å²) in [6, 6.07) is 0. The third kappa shape index (κ3) is 5.25. The van der Waals surface area contributed by atoms with Crippen LogP contribution in [-0.4, -0.2) is 0 Å². The van der Waals surface area contributed by atoms with Gasteiger partial charge in [-0.15, -0.1) is 0 Å². The third-order valence-electron chi connectivity index (χ3n) is 3.98. The molecule has 102 valence electrons. The van der Waals surface area contributed by atoms with E-state index in [4.69, 9.17) is 0 Å². The molecule has 0 nitrogen and oxygen atoms in total. The van der Waals surface area contributed by atoms with Crippen molar-refractivity contribution in [2.75, 3.05) is 0 Å². The van der Waals surface area contributed by atoms with Crippen LogP contribution in [0.3, 0.4) is 0 Å². The molecule has 1 aliphatic rings. The molecule has 0 aromatic carbocycles. The highest BCUT2D eigenvalue weighted by molar-refractivity contribution is 5.31. The van der Waals surface area contributed by atoms with Crippen LogP contribution in [-0.2, 0) is 0 Å². The van der Waals surface area contributed by atoms with E-state index in [1.54, 1.807) is 0 Å². The average molecular weight is 246 g/mol. The molecule has 0 radical (unpaired) electrons. The first-order valence-corrected chi connectivity index (χ1v) is 7.73. The molecule has 0 N–H and O–H groups in total. The second-order valence-corrected chi connectivity index (χ2v) is 5.72. The maximum Gasteiger partial charge on any atom is -0.0168 e. The van der Waals surface area contributed by atoms with Gasteiger partial charge in [0, 0.05) is 0 Å². The van der Waals surface area contributed by atoms with E-state index in [0.29, 0.717) is 0 Å². The summed E-state index contributed by atoms with van der Waals surface area (Å²) >= 11 is 0. The first-order valence-electron chi connectivity index (χ1n) is 7.73. The summed E-state index contributed by atoms with van der Waals surface area (Å²) in [5, 5.41) is 0. The fourth-order valence-electron chi connectivity index (χ4n) is 2.86. The zero-order chi connectivity index (χ0) is 13.4. The van der Waals surface area contributed by atoms with Gasteiger partial charge in [0.2, 0.25) is 0 Å². The van der Waals surface area contributed by atoms with Crippen molar-refractivity contribution in [2.24, 2.45) is 5.92 Å². The lowest BCUT2D eigenvalue weighted by Gasteiger charge is -2.22. The summed E-state index contributed by atoms with van der Waals surface area (Å²) in [7, 11) is 0. The molecule has 0 bridgehead atoms. The molecule has 1 saturated carbocycles. The highest BCUT2D eigenvalue weighted by Crippen LogP contribution is 2.30. The molecule has 0 amide bonds. The van der Waals surface area contributed by atoms with Crippen molar-refractivity contribution >= 4 is 0 Å². The Morgan fingerprint density at radius 3 is 2.33 bits per heavy atom. The monoisotopic (exact) mass is 246 g/mol. The number of allylic oxidation sites excluding steroid dienone is 5. The van der Waals surface area contributed by atoms with Crippen LogP contribution in [0.15, 0.2) is 35.5 Å². The predicted octanol–water partition coefficient (Wildman–Crippen LogP) is 6.21. The van der Waals surface area contributed by atoms with Gasteiger partial charge in [-0.05, 0) is 44.1 Å². The lowest BCUT2D eigenvalue weighted by Crippen LogP contribution is -2.07. The SMILES string of the molecule is C=C(/C=C(/C=C(\C)CCC)CC)C1CCCCC1. The topological polar surface area (TPSA) is 0 Å². The molecular formula is C18H30. The molecule has 0 saturated heterocycles. The van der Waals surface area contributed by atoms with Crippen molar-refractivity contribution in [3.05, 3.63) is 35.5 Å². The van der Waals surface area contributed by atoms with E-state index >= 15 is 0 Å². The van der Waals surface area contributed by atoms with Crippen molar-refractivity contribution in [2.45, 2.75) is 72.1 Å². The smallest absolute Gasteiger partial charge is 0.0168 e. The van der Waals surface area contributed by atoms with Crippen LogP contribution >= 0.6 is 0 Å². The highest BCUT2D eigenvalue weighted by Gasteiger charge is 2.14. The standard InChI is InChI=1S/C18H30/c1-5-10-15(3)13-17(6-2)14-16(4)18-11-8-7-9-12-18/h13-14,18H,4-12H2,1-3H3/b15-13+,17-14+. The van der Waals surface area contributed by atoms with Gasteiger partial charge >= 0.3 is 0 Å². The highest BCUT2D eigenvalue weighted by atomic mass is 14.2. The quantitative estimate of drug-likeness (QED) is 0.489. The van der Waals surface area contributed by atoms with Crippen LogP contribution in [0.5, 0.6) is 0 Å². The summed E-state index contributed by atoms with van der Waals surface area (Å²) in [6.07, 6.45) is 15.2. The molecule has 1 fully saturated rings. The van der Waals surface area contributed by atoms with Crippen LogP contribution in [0.25, 0.3) is 0 Å². The lowest BCUT2D eigenvalue weighted by molar-refractivity contribution is 0.409. The van der Waals surface area contributed by atoms with Gasteiger partial charge in [-0.2, -0.15) is 0 Å². The summed E-state index contributed by atoms with van der Waals surface area (Å²) in [5.41, 5.74) is 4.32. The maximum atomic E-state index is 4.31. The molecule has 0 atom stereocenters. The first kappa shape index (κ1) is 15.3. The minimum atomic E-state index is 0.750. The Morgan fingerprint density at radius 1 is 1.11 bits per heavy atom. The van der Waals surface area contributed by atoms with Gasteiger partial charge in [0.05, 0.1) is 0 Å². The molecule has 1 aliphatic carbocycles. The Balaban J connectivity index is 2.65. The van der Waals surface area contributed by atoms with E-state index in [9.17, 15) is 0 Å². The molecule has 0 spiro atoms. The van der Waals surface area contributed by atoms with Crippen molar-refractivity contribution in [3.63, 3.8) is 0 Å². The van der Waals surface area contributed by atoms with Crippen LogP contribution in [0, 0.1) is 5.92 Å². The zero-order valence-electron chi connectivity index (χ0n) is 12.6. The van der Waals surface area contributed by atoms with Crippen LogP contribution in [0.4, 0.5) is 0 Å². The van der Waals surface area contributed by atoms with Gasteiger partial charge < -0.3 is 0 Å². The molecule has 0 aromatic rings. The largest absolute Gasteiger partial charge is 0.0955 e. The molecular weight excluding hydrogens is 216 g/mol. The first-order chi connectivity index (χ1) is 8.67. The Hall–Kier alpha value is -0.780. The molecule has 18 heavy (non-hydrogen) atoms. The Kier molecular flexibility index (Phi) is 7.08. The van der Waals surface area contributed by atoms with Crippen LogP contribution < -0.4 is 0 Å². The Morgan fingerprint density at radius 2 is 1.78 bits per heavy atom. The van der Waals surface area contributed by atoms with Crippen molar-refractivity contribution in [3.8, 4) is 0 Å². The maximum absolute atomic E-state index is 4.31. The van der Waals surface area contributed by atoms with Gasteiger partial charge in [0.1, 0.15) is 0 Å². The van der Waals surface area contributed by atoms with E-state index in [-0.39, 0.29) is 0 Å². The molecule has 0 unspecified atom stereocenters. The van der Waals surface area contributed by atoms with Crippen molar-refractivity contribution < 1.29 is 0 Å². The van der Waals surface area contributed by atoms with Crippen LogP contribution in [0.2, 0.25) is 0 Å². The second kappa shape index (κ2) is 8.34.